The van der Waals surface area contributed by atoms with Crippen molar-refractivity contribution in [2.75, 3.05) is 11.9 Å². The van der Waals surface area contributed by atoms with Crippen LogP contribution >= 0.6 is 0 Å². The Balaban J connectivity index is 1.66. The van der Waals surface area contributed by atoms with Crippen molar-refractivity contribution in [1.29, 1.82) is 0 Å². The predicted octanol–water partition coefficient (Wildman–Crippen LogP) is 3.22. The molecule has 3 nitrogen and oxygen atoms in total. The molecule has 3 heteroatoms. The summed E-state index contributed by atoms with van der Waals surface area (Å²) < 4.78 is 0. The number of hydrogen-bond acceptors (Lipinski definition) is 2. The lowest BCUT2D eigenvalue weighted by atomic mass is 9.83. The van der Waals surface area contributed by atoms with Gasteiger partial charge in [0, 0.05) is 18.7 Å². The highest BCUT2D eigenvalue weighted by Gasteiger charge is 2.49. The fourth-order valence-electron chi connectivity index (χ4n) is 3.86. The van der Waals surface area contributed by atoms with Gasteiger partial charge in [-0.05, 0) is 36.6 Å². The number of nitrogens with one attached hydrogen (secondary N) is 1. The minimum atomic E-state index is -0.371. The van der Waals surface area contributed by atoms with E-state index >= 15 is 0 Å². The second-order valence-corrected chi connectivity index (χ2v) is 6.33. The van der Waals surface area contributed by atoms with Crippen molar-refractivity contribution in [3.8, 4) is 0 Å². The second-order valence-electron chi connectivity index (χ2n) is 6.33. The Hall–Kier alpha value is -2.13. The Morgan fingerprint density at radius 3 is 2.68 bits per heavy atom. The number of likely N-dealkylation sites (tertiary alicyclic amines) is 1. The van der Waals surface area contributed by atoms with Crippen molar-refractivity contribution in [3.63, 3.8) is 0 Å². The Morgan fingerprint density at radius 1 is 1.05 bits per heavy atom. The molecule has 2 aliphatic heterocycles. The van der Waals surface area contributed by atoms with Crippen LogP contribution in [-0.4, -0.2) is 22.9 Å². The van der Waals surface area contributed by atoms with E-state index in [4.69, 9.17) is 0 Å². The van der Waals surface area contributed by atoms with E-state index in [0.29, 0.717) is 0 Å². The molecule has 112 valence electrons. The third-order valence-corrected chi connectivity index (χ3v) is 5.01. The molecule has 2 heterocycles. The summed E-state index contributed by atoms with van der Waals surface area (Å²) in [6.07, 6.45) is 2.85. The Labute approximate surface area is 131 Å². The number of rotatable bonds is 2. The summed E-state index contributed by atoms with van der Waals surface area (Å²) in [5.74, 6) is 0.166. The van der Waals surface area contributed by atoms with Gasteiger partial charge in [0.2, 0.25) is 5.91 Å². The van der Waals surface area contributed by atoms with E-state index in [1.54, 1.807) is 0 Å². The van der Waals surface area contributed by atoms with Crippen LogP contribution in [0.4, 0.5) is 5.69 Å². The normalized spacial score (nSPS) is 24.3. The number of para-hydroxylation sites is 1. The van der Waals surface area contributed by atoms with Crippen molar-refractivity contribution in [3.05, 3.63) is 65.7 Å². The topological polar surface area (TPSA) is 32.3 Å². The van der Waals surface area contributed by atoms with E-state index in [1.165, 1.54) is 11.1 Å². The van der Waals surface area contributed by atoms with Crippen LogP contribution in [0.3, 0.4) is 0 Å². The molecule has 1 fully saturated rings. The molecule has 2 aromatic rings. The second kappa shape index (κ2) is 5.25. The summed E-state index contributed by atoms with van der Waals surface area (Å²) in [5, 5.41) is 3.13. The summed E-state index contributed by atoms with van der Waals surface area (Å²) in [5.41, 5.74) is 3.13. The molecule has 1 atom stereocenters. The van der Waals surface area contributed by atoms with Crippen molar-refractivity contribution >= 4 is 11.6 Å². The van der Waals surface area contributed by atoms with Gasteiger partial charge in [0.05, 0.1) is 0 Å². The van der Waals surface area contributed by atoms with Crippen LogP contribution in [0.5, 0.6) is 0 Å². The van der Waals surface area contributed by atoms with E-state index in [2.05, 4.69) is 46.6 Å². The van der Waals surface area contributed by atoms with Crippen LogP contribution in [0.25, 0.3) is 0 Å². The highest BCUT2D eigenvalue weighted by atomic mass is 16.2. The Kier molecular flexibility index (Phi) is 3.23. The first-order valence-corrected chi connectivity index (χ1v) is 7.96. The van der Waals surface area contributed by atoms with Gasteiger partial charge in [-0.15, -0.1) is 0 Å². The Morgan fingerprint density at radius 2 is 1.82 bits per heavy atom. The van der Waals surface area contributed by atoms with E-state index in [0.717, 1.165) is 38.0 Å². The maximum absolute atomic E-state index is 12.8. The summed E-state index contributed by atoms with van der Waals surface area (Å²) in [4.78, 5) is 15.2. The van der Waals surface area contributed by atoms with Crippen molar-refractivity contribution < 1.29 is 4.79 Å². The average molecular weight is 292 g/mol. The average Bonchev–Trinajstić information content (AvgIpc) is 2.93. The first-order chi connectivity index (χ1) is 10.8. The number of fused-ring (bicyclic) bond motifs is 1. The summed E-state index contributed by atoms with van der Waals surface area (Å²) in [6, 6.07) is 18.6. The van der Waals surface area contributed by atoms with Gasteiger partial charge in [-0.3, -0.25) is 9.69 Å². The number of amides is 1. The molecule has 0 aromatic heterocycles. The first-order valence-electron chi connectivity index (χ1n) is 7.96. The number of carbonyl (C=O) groups excluding carboxylic acids is 1. The molecular formula is C19H20N2O. The largest absolute Gasteiger partial charge is 0.324 e. The maximum Gasteiger partial charge on any atom is 0.245 e. The van der Waals surface area contributed by atoms with E-state index in [9.17, 15) is 4.79 Å². The molecule has 0 saturated carbocycles. The molecule has 0 radical (unpaired) electrons. The number of benzene rings is 2. The van der Waals surface area contributed by atoms with Gasteiger partial charge >= 0.3 is 0 Å². The number of anilines is 1. The standard InChI is InChI=1S/C19H20N2O/c22-18-19(13-16-9-4-5-10-17(16)20-18)11-6-12-21(19)14-15-7-2-1-3-8-15/h1-5,7-10H,6,11-14H2,(H,20,22). The minimum Gasteiger partial charge on any atom is -0.324 e. The molecule has 1 spiro atoms. The zero-order chi connectivity index (χ0) is 15.0. The van der Waals surface area contributed by atoms with Gasteiger partial charge in [-0.2, -0.15) is 0 Å². The van der Waals surface area contributed by atoms with Gasteiger partial charge in [0.1, 0.15) is 5.54 Å². The van der Waals surface area contributed by atoms with Gasteiger partial charge in [0.25, 0.3) is 0 Å². The molecule has 1 unspecified atom stereocenters. The fraction of sp³-hybridized carbons (Fsp3) is 0.316. The zero-order valence-corrected chi connectivity index (χ0v) is 12.6. The quantitative estimate of drug-likeness (QED) is 0.922. The summed E-state index contributed by atoms with van der Waals surface area (Å²) in [7, 11) is 0. The van der Waals surface area contributed by atoms with E-state index < -0.39 is 0 Å². The molecule has 2 aliphatic rings. The van der Waals surface area contributed by atoms with Crippen LogP contribution < -0.4 is 5.32 Å². The predicted molar refractivity (Wildman–Crippen MR) is 87.6 cm³/mol. The van der Waals surface area contributed by atoms with Crippen LogP contribution in [0.1, 0.15) is 24.0 Å². The van der Waals surface area contributed by atoms with Crippen LogP contribution in [0, 0.1) is 0 Å². The lowest BCUT2D eigenvalue weighted by molar-refractivity contribution is -0.127. The molecule has 4 rings (SSSR count). The van der Waals surface area contributed by atoms with Crippen LogP contribution in [-0.2, 0) is 17.8 Å². The first kappa shape index (κ1) is 13.5. The number of nitrogens with zero attached hydrogens (tertiary/aromatic N) is 1. The molecule has 1 saturated heterocycles. The molecule has 2 aromatic carbocycles. The van der Waals surface area contributed by atoms with E-state index in [-0.39, 0.29) is 11.4 Å². The molecule has 1 N–H and O–H groups in total. The maximum atomic E-state index is 12.8. The molecule has 0 bridgehead atoms. The number of hydrogen-bond donors (Lipinski definition) is 1. The van der Waals surface area contributed by atoms with Crippen molar-refractivity contribution in [1.82, 2.24) is 4.90 Å². The minimum absolute atomic E-state index is 0.166. The third-order valence-electron chi connectivity index (χ3n) is 5.01. The summed E-state index contributed by atoms with van der Waals surface area (Å²) in [6.45, 7) is 1.83. The van der Waals surface area contributed by atoms with Crippen molar-refractivity contribution in [2.24, 2.45) is 0 Å². The van der Waals surface area contributed by atoms with Crippen LogP contribution in [0.15, 0.2) is 54.6 Å². The zero-order valence-electron chi connectivity index (χ0n) is 12.6. The molecule has 1 amide bonds. The number of carbonyl (C=O) groups is 1. The summed E-state index contributed by atoms with van der Waals surface area (Å²) >= 11 is 0. The lowest BCUT2D eigenvalue weighted by Gasteiger charge is -2.40. The Bertz CT molecular complexity index is 698. The fourth-order valence-corrected chi connectivity index (χ4v) is 3.86. The van der Waals surface area contributed by atoms with Gasteiger partial charge in [-0.1, -0.05) is 48.5 Å². The smallest absolute Gasteiger partial charge is 0.245 e. The highest BCUT2D eigenvalue weighted by Crippen LogP contribution is 2.39. The van der Waals surface area contributed by atoms with Gasteiger partial charge < -0.3 is 5.32 Å². The third kappa shape index (κ3) is 2.13. The van der Waals surface area contributed by atoms with E-state index in [1.807, 2.05) is 18.2 Å². The molecule has 22 heavy (non-hydrogen) atoms. The SMILES string of the molecule is O=C1Nc2ccccc2CC12CCCN2Cc1ccccc1. The van der Waals surface area contributed by atoms with Crippen molar-refractivity contribution in [2.45, 2.75) is 31.3 Å². The highest BCUT2D eigenvalue weighted by molar-refractivity contribution is 6.01. The van der Waals surface area contributed by atoms with Gasteiger partial charge in [-0.25, -0.2) is 0 Å². The lowest BCUT2D eigenvalue weighted by Crippen LogP contribution is -2.56. The van der Waals surface area contributed by atoms with Crippen LogP contribution in [0.2, 0.25) is 0 Å². The monoisotopic (exact) mass is 292 g/mol. The molecule has 0 aliphatic carbocycles. The van der Waals surface area contributed by atoms with Gasteiger partial charge in [0.15, 0.2) is 0 Å². The molecular weight excluding hydrogens is 272 g/mol.